The first kappa shape index (κ1) is 16.1. The lowest BCUT2D eigenvalue weighted by atomic mass is 9.57. The van der Waals surface area contributed by atoms with Crippen molar-refractivity contribution < 1.29 is 0 Å². The molecule has 0 aliphatic heterocycles. The first-order chi connectivity index (χ1) is 8.77. The second-order valence-electron chi connectivity index (χ2n) is 6.44. The Bertz CT molecular complexity index is 206. The van der Waals surface area contributed by atoms with Crippen molar-refractivity contribution in [2.45, 2.75) is 86.0 Å². The molecule has 0 bridgehead atoms. The van der Waals surface area contributed by atoms with E-state index in [-0.39, 0.29) is 0 Å². The molecule has 0 amide bonds. The number of hydrogen-bond donors (Lipinski definition) is 0. The van der Waals surface area contributed by atoms with Crippen molar-refractivity contribution >= 4 is 0 Å². The molecule has 5 unspecified atom stereocenters. The predicted molar refractivity (Wildman–Crippen MR) is 82.8 cm³/mol. The van der Waals surface area contributed by atoms with E-state index in [1.807, 2.05) is 13.8 Å². The Labute approximate surface area is 116 Å². The highest BCUT2D eigenvalue weighted by Gasteiger charge is 2.41. The fraction of sp³-hybridized carbons (Fsp3) is 1.00. The van der Waals surface area contributed by atoms with Crippen molar-refractivity contribution in [1.82, 2.24) is 0 Å². The quantitative estimate of drug-likeness (QED) is 0.553. The van der Waals surface area contributed by atoms with Crippen molar-refractivity contribution in [3.8, 4) is 0 Å². The third-order valence-corrected chi connectivity index (χ3v) is 5.59. The Balaban J connectivity index is 0.000000771. The molecule has 0 N–H and O–H groups in total. The Morgan fingerprint density at radius 3 is 2.28 bits per heavy atom. The molecule has 2 fully saturated rings. The van der Waals surface area contributed by atoms with Crippen LogP contribution in [0.2, 0.25) is 0 Å². The standard InChI is InChI=1S/C16H30.C2H6/c1-4-7-13-8-6-9-14-11-10-12(3)15(5-2)16(13)14;1-2/h12-16H,4-11H2,1-3H3;1-2H3. The van der Waals surface area contributed by atoms with E-state index in [4.69, 9.17) is 0 Å². The van der Waals surface area contributed by atoms with E-state index in [0.29, 0.717) is 0 Å². The van der Waals surface area contributed by atoms with Gasteiger partial charge in [-0.2, -0.15) is 0 Å². The SMILES string of the molecule is CC.CCCC1CCCC2CCC(C)C(CC)C12. The molecule has 0 saturated heterocycles. The highest BCUT2D eigenvalue weighted by atomic mass is 14.5. The molecule has 0 aromatic carbocycles. The Morgan fingerprint density at radius 1 is 0.944 bits per heavy atom. The van der Waals surface area contributed by atoms with Gasteiger partial charge >= 0.3 is 0 Å². The maximum Gasteiger partial charge on any atom is -0.0327 e. The van der Waals surface area contributed by atoms with Gasteiger partial charge in [0.15, 0.2) is 0 Å². The lowest BCUT2D eigenvalue weighted by molar-refractivity contribution is 0.00995. The summed E-state index contributed by atoms with van der Waals surface area (Å²) in [5, 5.41) is 0. The first-order valence-corrected chi connectivity index (χ1v) is 8.77. The maximum absolute atomic E-state index is 2.52. The summed E-state index contributed by atoms with van der Waals surface area (Å²) in [4.78, 5) is 0. The van der Waals surface area contributed by atoms with Gasteiger partial charge in [-0.25, -0.2) is 0 Å². The average molecular weight is 252 g/mol. The van der Waals surface area contributed by atoms with Gasteiger partial charge in [-0.05, 0) is 36.0 Å². The number of rotatable bonds is 3. The smallest absolute Gasteiger partial charge is 0.0327 e. The molecule has 18 heavy (non-hydrogen) atoms. The predicted octanol–water partition coefficient (Wildman–Crippen LogP) is 6.30. The van der Waals surface area contributed by atoms with Crippen LogP contribution in [0.15, 0.2) is 0 Å². The van der Waals surface area contributed by atoms with Crippen LogP contribution in [-0.2, 0) is 0 Å². The largest absolute Gasteiger partial charge is 0.0683 e. The first-order valence-electron chi connectivity index (χ1n) is 8.77. The lowest BCUT2D eigenvalue weighted by Gasteiger charge is -2.49. The summed E-state index contributed by atoms with van der Waals surface area (Å²) >= 11 is 0. The van der Waals surface area contributed by atoms with Gasteiger partial charge in [0.2, 0.25) is 0 Å². The van der Waals surface area contributed by atoms with E-state index in [9.17, 15) is 0 Å². The van der Waals surface area contributed by atoms with Crippen LogP contribution >= 0.6 is 0 Å². The van der Waals surface area contributed by atoms with E-state index in [1.54, 1.807) is 12.8 Å². The molecule has 0 radical (unpaired) electrons. The van der Waals surface area contributed by atoms with Gasteiger partial charge in [0.1, 0.15) is 0 Å². The summed E-state index contributed by atoms with van der Waals surface area (Å²) < 4.78 is 0. The van der Waals surface area contributed by atoms with Crippen LogP contribution in [0.4, 0.5) is 0 Å². The summed E-state index contributed by atoms with van der Waals surface area (Å²) in [5.74, 6) is 5.34. The molecule has 5 atom stereocenters. The third-order valence-electron chi connectivity index (χ3n) is 5.59. The molecule has 108 valence electrons. The van der Waals surface area contributed by atoms with E-state index >= 15 is 0 Å². The monoisotopic (exact) mass is 252 g/mol. The Kier molecular flexibility index (Phi) is 7.34. The summed E-state index contributed by atoms with van der Waals surface area (Å²) in [7, 11) is 0. The molecule has 0 aromatic rings. The molecular formula is C18H36. The van der Waals surface area contributed by atoms with Crippen LogP contribution in [0.3, 0.4) is 0 Å². The summed E-state index contributed by atoms with van der Waals surface area (Å²) in [6, 6.07) is 0. The molecule has 0 aromatic heterocycles. The average Bonchev–Trinajstić information content (AvgIpc) is 2.42. The van der Waals surface area contributed by atoms with Crippen molar-refractivity contribution in [2.24, 2.45) is 29.6 Å². The zero-order chi connectivity index (χ0) is 13.5. The molecule has 0 spiro atoms. The third kappa shape index (κ3) is 3.52. The van der Waals surface area contributed by atoms with Crippen LogP contribution < -0.4 is 0 Å². The molecule has 2 aliphatic carbocycles. The number of hydrogen-bond acceptors (Lipinski definition) is 0. The van der Waals surface area contributed by atoms with Crippen LogP contribution in [0.1, 0.15) is 86.0 Å². The molecule has 2 aliphatic rings. The molecular weight excluding hydrogens is 216 g/mol. The number of fused-ring (bicyclic) bond motifs is 1. The zero-order valence-corrected chi connectivity index (χ0v) is 13.5. The van der Waals surface area contributed by atoms with Crippen molar-refractivity contribution in [3.63, 3.8) is 0 Å². The minimum absolute atomic E-state index is 1.00. The van der Waals surface area contributed by atoms with Crippen LogP contribution in [0.25, 0.3) is 0 Å². The highest BCUT2D eigenvalue weighted by molar-refractivity contribution is 4.91. The van der Waals surface area contributed by atoms with Gasteiger partial charge < -0.3 is 0 Å². The van der Waals surface area contributed by atoms with Crippen molar-refractivity contribution in [1.29, 1.82) is 0 Å². The van der Waals surface area contributed by atoms with E-state index in [0.717, 1.165) is 29.6 Å². The lowest BCUT2D eigenvalue weighted by Crippen LogP contribution is -2.40. The van der Waals surface area contributed by atoms with Crippen molar-refractivity contribution in [2.75, 3.05) is 0 Å². The minimum atomic E-state index is 1.00. The fourth-order valence-electron chi connectivity index (χ4n) is 4.90. The van der Waals surface area contributed by atoms with Crippen LogP contribution in [0.5, 0.6) is 0 Å². The molecule has 2 saturated carbocycles. The topological polar surface area (TPSA) is 0 Å². The Morgan fingerprint density at radius 2 is 1.67 bits per heavy atom. The maximum atomic E-state index is 2.52. The van der Waals surface area contributed by atoms with Gasteiger partial charge in [0.05, 0.1) is 0 Å². The molecule has 0 heterocycles. The molecule has 0 nitrogen and oxygen atoms in total. The molecule has 0 heteroatoms. The second-order valence-corrected chi connectivity index (χ2v) is 6.44. The van der Waals surface area contributed by atoms with E-state index < -0.39 is 0 Å². The van der Waals surface area contributed by atoms with Crippen molar-refractivity contribution in [3.05, 3.63) is 0 Å². The van der Waals surface area contributed by atoms with Crippen LogP contribution in [-0.4, -0.2) is 0 Å². The fourth-order valence-corrected chi connectivity index (χ4v) is 4.90. The highest BCUT2D eigenvalue weighted by Crippen LogP contribution is 2.51. The molecule has 2 rings (SSSR count). The van der Waals surface area contributed by atoms with Crippen LogP contribution in [0, 0.1) is 29.6 Å². The summed E-state index contributed by atoms with van der Waals surface area (Å²) in [6.45, 7) is 11.3. The minimum Gasteiger partial charge on any atom is -0.0683 e. The van der Waals surface area contributed by atoms with Gasteiger partial charge in [-0.3, -0.25) is 0 Å². The van der Waals surface area contributed by atoms with Gasteiger partial charge in [-0.15, -0.1) is 0 Å². The zero-order valence-electron chi connectivity index (χ0n) is 13.5. The Hall–Kier alpha value is 0. The van der Waals surface area contributed by atoms with Gasteiger partial charge in [0, 0.05) is 0 Å². The second kappa shape index (κ2) is 8.23. The van der Waals surface area contributed by atoms with Gasteiger partial charge in [0.25, 0.3) is 0 Å². The van der Waals surface area contributed by atoms with E-state index in [1.165, 1.54) is 38.5 Å². The van der Waals surface area contributed by atoms with E-state index in [2.05, 4.69) is 20.8 Å². The summed E-state index contributed by atoms with van der Waals surface area (Å²) in [5.41, 5.74) is 0. The normalized spacial score (nSPS) is 39.5. The van der Waals surface area contributed by atoms with Gasteiger partial charge in [-0.1, -0.05) is 79.6 Å². The summed E-state index contributed by atoms with van der Waals surface area (Å²) in [6.07, 6.45) is 12.0.